The first-order valence-electron chi connectivity index (χ1n) is 5.85. The number of nitrogens with zero attached hydrogens (tertiary/aromatic N) is 1. The molecule has 0 spiro atoms. The molecule has 3 nitrogen and oxygen atoms in total. The van der Waals surface area contributed by atoms with Crippen molar-refractivity contribution in [3.05, 3.63) is 53.4 Å². The summed E-state index contributed by atoms with van der Waals surface area (Å²) in [6, 6.07) is 7.10. The summed E-state index contributed by atoms with van der Waals surface area (Å²) in [7, 11) is 0. The van der Waals surface area contributed by atoms with E-state index in [4.69, 9.17) is 0 Å². The molecule has 0 bridgehead atoms. The summed E-state index contributed by atoms with van der Waals surface area (Å²) in [4.78, 5) is 11.8. The average molecular weight is 264 g/mol. The number of nitrogens with one attached hydrogen (secondary N) is 1. The summed E-state index contributed by atoms with van der Waals surface area (Å²) in [6.45, 7) is 3.94. The molecule has 1 aromatic carbocycles. The van der Waals surface area contributed by atoms with Gasteiger partial charge in [0.25, 0.3) is 0 Å². The smallest absolute Gasteiger partial charge is 0.244 e. The molecule has 0 saturated carbocycles. The van der Waals surface area contributed by atoms with Gasteiger partial charge in [-0.25, -0.2) is 8.78 Å². The lowest BCUT2D eigenvalue weighted by molar-refractivity contribution is -0.116. The predicted molar refractivity (Wildman–Crippen MR) is 68.9 cm³/mol. The first-order valence-corrected chi connectivity index (χ1v) is 5.85. The van der Waals surface area contributed by atoms with Gasteiger partial charge in [-0.1, -0.05) is 0 Å². The van der Waals surface area contributed by atoms with Crippen LogP contribution in [0.3, 0.4) is 0 Å². The average Bonchev–Trinajstić information content (AvgIpc) is 2.66. The van der Waals surface area contributed by atoms with Crippen LogP contribution in [-0.2, 0) is 11.3 Å². The van der Waals surface area contributed by atoms with Crippen molar-refractivity contribution >= 4 is 11.6 Å². The van der Waals surface area contributed by atoms with Crippen LogP contribution in [0.2, 0.25) is 0 Å². The molecule has 100 valence electrons. The molecule has 1 N–H and O–H groups in total. The Hall–Kier alpha value is -2.17. The SMILES string of the molecule is Cc1ccc(C)n1CC(=O)Nc1ccc(F)c(F)c1. The molecule has 0 atom stereocenters. The maximum absolute atomic E-state index is 13.0. The van der Waals surface area contributed by atoms with Gasteiger partial charge in [0, 0.05) is 23.1 Å². The van der Waals surface area contributed by atoms with Gasteiger partial charge in [0.05, 0.1) is 0 Å². The fourth-order valence-electron chi connectivity index (χ4n) is 1.87. The Labute approximate surface area is 109 Å². The Morgan fingerprint density at radius 1 is 1.11 bits per heavy atom. The van der Waals surface area contributed by atoms with E-state index in [0.29, 0.717) is 0 Å². The Bertz CT molecular complexity index is 600. The highest BCUT2D eigenvalue weighted by molar-refractivity contribution is 5.90. The van der Waals surface area contributed by atoms with E-state index in [2.05, 4.69) is 5.32 Å². The molecule has 19 heavy (non-hydrogen) atoms. The first kappa shape index (κ1) is 13.3. The molecule has 0 aliphatic heterocycles. The zero-order valence-corrected chi connectivity index (χ0v) is 10.7. The fourth-order valence-corrected chi connectivity index (χ4v) is 1.87. The lowest BCUT2D eigenvalue weighted by Gasteiger charge is -2.10. The van der Waals surface area contributed by atoms with E-state index in [1.807, 2.05) is 30.5 Å². The third-order valence-corrected chi connectivity index (χ3v) is 2.92. The number of carbonyl (C=O) groups excluding carboxylic acids is 1. The number of anilines is 1. The van der Waals surface area contributed by atoms with Crippen molar-refractivity contribution in [1.29, 1.82) is 0 Å². The van der Waals surface area contributed by atoms with Gasteiger partial charge in [0.15, 0.2) is 11.6 Å². The second kappa shape index (κ2) is 5.22. The van der Waals surface area contributed by atoms with E-state index in [-0.39, 0.29) is 18.1 Å². The molecular weight excluding hydrogens is 250 g/mol. The van der Waals surface area contributed by atoms with Crippen LogP contribution in [0.15, 0.2) is 30.3 Å². The normalized spacial score (nSPS) is 10.5. The molecule has 2 rings (SSSR count). The number of halogens is 2. The summed E-state index contributed by atoms with van der Waals surface area (Å²) in [5.74, 6) is -2.20. The summed E-state index contributed by atoms with van der Waals surface area (Å²) in [5, 5.41) is 2.54. The summed E-state index contributed by atoms with van der Waals surface area (Å²) >= 11 is 0. The lowest BCUT2D eigenvalue weighted by Crippen LogP contribution is -2.20. The van der Waals surface area contributed by atoms with Gasteiger partial charge in [0.1, 0.15) is 6.54 Å². The van der Waals surface area contributed by atoms with Crippen LogP contribution in [0.25, 0.3) is 0 Å². The van der Waals surface area contributed by atoms with Crippen molar-refractivity contribution in [3.63, 3.8) is 0 Å². The van der Waals surface area contributed by atoms with Gasteiger partial charge in [-0.3, -0.25) is 4.79 Å². The highest BCUT2D eigenvalue weighted by atomic mass is 19.2. The van der Waals surface area contributed by atoms with Crippen LogP contribution in [-0.4, -0.2) is 10.5 Å². The van der Waals surface area contributed by atoms with Crippen molar-refractivity contribution in [1.82, 2.24) is 4.57 Å². The quantitative estimate of drug-likeness (QED) is 0.908. The number of benzene rings is 1. The maximum Gasteiger partial charge on any atom is 0.244 e. The van der Waals surface area contributed by atoms with Gasteiger partial charge in [0.2, 0.25) is 5.91 Å². The van der Waals surface area contributed by atoms with Crippen LogP contribution in [0.1, 0.15) is 11.4 Å². The van der Waals surface area contributed by atoms with Gasteiger partial charge in [-0.05, 0) is 38.1 Å². The van der Waals surface area contributed by atoms with E-state index >= 15 is 0 Å². The Balaban J connectivity index is 2.07. The summed E-state index contributed by atoms with van der Waals surface area (Å²) in [5.41, 5.74) is 2.18. The second-order valence-corrected chi connectivity index (χ2v) is 4.38. The Morgan fingerprint density at radius 2 is 1.74 bits per heavy atom. The molecule has 0 fully saturated rings. The number of amides is 1. The molecule has 0 radical (unpaired) electrons. The number of carbonyl (C=O) groups is 1. The third kappa shape index (κ3) is 2.99. The van der Waals surface area contributed by atoms with Crippen LogP contribution >= 0.6 is 0 Å². The first-order chi connectivity index (χ1) is 8.97. The minimum Gasteiger partial charge on any atom is -0.340 e. The largest absolute Gasteiger partial charge is 0.340 e. The predicted octanol–water partition coefficient (Wildman–Crippen LogP) is 3.02. The van der Waals surface area contributed by atoms with Crippen LogP contribution in [0.4, 0.5) is 14.5 Å². The molecule has 2 aromatic rings. The molecule has 1 heterocycles. The minimum absolute atomic E-state index is 0.143. The molecule has 0 aliphatic rings. The number of aromatic nitrogens is 1. The van der Waals surface area contributed by atoms with Gasteiger partial charge in [-0.2, -0.15) is 0 Å². The van der Waals surface area contributed by atoms with Crippen LogP contribution < -0.4 is 5.32 Å². The van der Waals surface area contributed by atoms with Crippen molar-refractivity contribution in [2.45, 2.75) is 20.4 Å². The zero-order valence-electron chi connectivity index (χ0n) is 10.7. The lowest BCUT2D eigenvalue weighted by atomic mass is 10.3. The van der Waals surface area contributed by atoms with E-state index in [9.17, 15) is 13.6 Å². The number of aryl methyl sites for hydroxylation is 2. The molecule has 0 aliphatic carbocycles. The van der Waals surface area contributed by atoms with Gasteiger partial charge in [-0.15, -0.1) is 0 Å². The number of hydrogen-bond acceptors (Lipinski definition) is 1. The highest BCUT2D eigenvalue weighted by Crippen LogP contribution is 2.13. The topological polar surface area (TPSA) is 34.0 Å². The molecule has 0 unspecified atom stereocenters. The summed E-state index contributed by atoms with van der Waals surface area (Å²) in [6.07, 6.45) is 0. The number of rotatable bonds is 3. The molecular formula is C14H14F2N2O. The van der Waals surface area contributed by atoms with Crippen LogP contribution in [0.5, 0.6) is 0 Å². The van der Waals surface area contributed by atoms with Gasteiger partial charge < -0.3 is 9.88 Å². The second-order valence-electron chi connectivity index (χ2n) is 4.38. The van der Waals surface area contributed by atoms with E-state index < -0.39 is 11.6 Å². The molecule has 1 amide bonds. The highest BCUT2D eigenvalue weighted by Gasteiger charge is 2.09. The van der Waals surface area contributed by atoms with E-state index in [1.54, 1.807) is 0 Å². The third-order valence-electron chi connectivity index (χ3n) is 2.92. The summed E-state index contributed by atoms with van der Waals surface area (Å²) < 4.78 is 27.6. The Kier molecular flexibility index (Phi) is 3.64. The van der Waals surface area contributed by atoms with Crippen molar-refractivity contribution in [2.75, 3.05) is 5.32 Å². The Morgan fingerprint density at radius 3 is 2.32 bits per heavy atom. The molecule has 0 saturated heterocycles. The fraction of sp³-hybridized carbons (Fsp3) is 0.214. The van der Waals surface area contributed by atoms with Crippen molar-refractivity contribution in [3.8, 4) is 0 Å². The minimum atomic E-state index is -0.980. The van der Waals surface area contributed by atoms with Gasteiger partial charge >= 0.3 is 0 Å². The van der Waals surface area contributed by atoms with Crippen LogP contribution in [0, 0.1) is 25.5 Å². The van der Waals surface area contributed by atoms with E-state index in [0.717, 1.165) is 23.5 Å². The van der Waals surface area contributed by atoms with Crippen molar-refractivity contribution < 1.29 is 13.6 Å². The molecule has 5 heteroatoms. The van der Waals surface area contributed by atoms with Crippen molar-refractivity contribution in [2.24, 2.45) is 0 Å². The maximum atomic E-state index is 13.0. The number of hydrogen-bond donors (Lipinski definition) is 1. The monoisotopic (exact) mass is 264 g/mol. The zero-order chi connectivity index (χ0) is 14.0. The molecule has 1 aromatic heterocycles. The standard InChI is InChI=1S/C14H14F2N2O/c1-9-3-4-10(2)18(9)8-14(19)17-11-5-6-12(15)13(16)7-11/h3-7H,8H2,1-2H3,(H,17,19). The van der Waals surface area contributed by atoms with E-state index in [1.165, 1.54) is 6.07 Å².